The predicted molar refractivity (Wildman–Crippen MR) is 66.6 cm³/mol. The molecular formula is C12H17N5O. The van der Waals surface area contributed by atoms with Crippen LogP contribution in [0.3, 0.4) is 0 Å². The summed E-state index contributed by atoms with van der Waals surface area (Å²) in [6, 6.07) is 0. The SMILES string of the molecule is NNc1cnc(C(=O)NCC2(C3CC3)CC2)cn1. The second kappa shape index (κ2) is 4.20. The van der Waals surface area contributed by atoms with Crippen molar-refractivity contribution < 1.29 is 4.79 Å². The zero-order valence-corrected chi connectivity index (χ0v) is 10.1. The van der Waals surface area contributed by atoms with Gasteiger partial charge in [-0.3, -0.25) is 4.79 Å². The van der Waals surface area contributed by atoms with Crippen LogP contribution in [0.1, 0.15) is 36.2 Å². The van der Waals surface area contributed by atoms with Crippen LogP contribution in [0.25, 0.3) is 0 Å². The Bertz CT molecular complexity index is 450. The zero-order valence-electron chi connectivity index (χ0n) is 10.1. The predicted octanol–water partition coefficient (Wildman–Crippen LogP) is 0.682. The fourth-order valence-corrected chi connectivity index (χ4v) is 2.45. The molecule has 1 aromatic heterocycles. The van der Waals surface area contributed by atoms with E-state index in [1.807, 2.05) is 0 Å². The Labute approximate surface area is 105 Å². The summed E-state index contributed by atoms with van der Waals surface area (Å²) in [4.78, 5) is 19.9. The fraction of sp³-hybridized carbons (Fsp3) is 0.583. The maximum Gasteiger partial charge on any atom is 0.271 e. The third kappa shape index (κ3) is 2.15. The number of nitrogens with one attached hydrogen (secondary N) is 2. The molecule has 2 aliphatic carbocycles. The maximum atomic E-state index is 11.9. The number of carbonyl (C=O) groups excluding carboxylic acids is 1. The van der Waals surface area contributed by atoms with Gasteiger partial charge in [-0.05, 0) is 37.0 Å². The molecule has 18 heavy (non-hydrogen) atoms. The highest BCUT2D eigenvalue weighted by molar-refractivity contribution is 5.92. The number of nitrogens with zero attached hydrogens (tertiary/aromatic N) is 2. The number of aromatic nitrogens is 2. The minimum Gasteiger partial charge on any atom is -0.350 e. The first-order valence-electron chi connectivity index (χ1n) is 6.30. The molecule has 2 saturated carbocycles. The van der Waals surface area contributed by atoms with Crippen molar-refractivity contribution in [1.82, 2.24) is 15.3 Å². The minimum atomic E-state index is -0.155. The van der Waals surface area contributed by atoms with Crippen molar-refractivity contribution in [2.45, 2.75) is 25.7 Å². The molecule has 0 radical (unpaired) electrons. The van der Waals surface area contributed by atoms with E-state index in [4.69, 9.17) is 5.84 Å². The molecule has 96 valence electrons. The molecule has 4 N–H and O–H groups in total. The Morgan fingerprint density at radius 3 is 2.67 bits per heavy atom. The van der Waals surface area contributed by atoms with Crippen molar-refractivity contribution in [3.8, 4) is 0 Å². The van der Waals surface area contributed by atoms with E-state index in [9.17, 15) is 4.79 Å². The van der Waals surface area contributed by atoms with Gasteiger partial charge in [-0.2, -0.15) is 0 Å². The molecule has 6 nitrogen and oxygen atoms in total. The third-order valence-corrected chi connectivity index (χ3v) is 3.97. The van der Waals surface area contributed by atoms with Gasteiger partial charge in [-0.25, -0.2) is 15.8 Å². The summed E-state index contributed by atoms with van der Waals surface area (Å²) in [5, 5.41) is 2.97. The van der Waals surface area contributed by atoms with Crippen LogP contribution in [-0.4, -0.2) is 22.4 Å². The van der Waals surface area contributed by atoms with Crippen LogP contribution in [0, 0.1) is 11.3 Å². The Balaban J connectivity index is 1.57. The summed E-state index contributed by atoms with van der Waals surface area (Å²) in [5.74, 6) is 6.32. The number of hydrazine groups is 1. The van der Waals surface area contributed by atoms with E-state index in [0.29, 0.717) is 16.9 Å². The number of rotatable bonds is 5. The highest BCUT2D eigenvalue weighted by Crippen LogP contribution is 2.60. The van der Waals surface area contributed by atoms with Crippen molar-refractivity contribution in [1.29, 1.82) is 0 Å². The first-order chi connectivity index (χ1) is 8.73. The van der Waals surface area contributed by atoms with Crippen molar-refractivity contribution in [2.24, 2.45) is 17.2 Å². The average molecular weight is 247 g/mol. The van der Waals surface area contributed by atoms with Crippen LogP contribution in [0.2, 0.25) is 0 Å². The number of hydrogen-bond acceptors (Lipinski definition) is 5. The molecule has 6 heteroatoms. The molecule has 1 amide bonds. The molecule has 0 aromatic carbocycles. The summed E-state index contributed by atoms with van der Waals surface area (Å²) in [7, 11) is 0. The summed E-state index contributed by atoms with van der Waals surface area (Å²) >= 11 is 0. The van der Waals surface area contributed by atoms with Gasteiger partial charge in [0, 0.05) is 6.54 Å². The number of anilines is 1. The topological polar surface area (TPSA) is 92.9 Å². The van der Waals surface area contributed by atoms with Gasteiger partial charge in [0.25, 0.3) is 5.91 Å². The molecule has 3 rings (SSSR count). The van der Waals surface area contributed by atoms with E-state index in [1.54, 1.807) is 0 Å². The number of carbonyl (C=O) groups is 1. The second-order valence-electron chi connectivity index (χ2n) is 5.25. The highest BCUT2D eigenvalue weighted by atomic mass is 16.1. The van der Waals surface area contributed by atoms with Gasteiger partial charge in [0.15, 0.2) is 5.82 Å². The zero-order chi connectivity index (χ0) is 12.6. The molecule has 1 heterocycles. The number of nitrogens with two attached hydrogens (primary N) is 1. The Morgan fingerprint density at radius 2 is 2.17 bits per heavy atom. The van der Waals surface area contributed by atoms with Crippen molar-refractivity contribution in [3.05, 3.63) is 18.1 Å². The standard InChI is InChI=1S/C12H17N5O/c13-17-10-6-14-9(5-15-10)11(18)16-7-12(3-4-12)8-1-2-8/h5-6,8H,1-4,7,13H2,(H,15,17)(H,16,18). The van der Waals surface area contributed by atoms with Crippen molar-refractivity contribution >= 4 is 11.7 Å². The van der Waals surface area contributed by atoms with E-state index >= 15 is 0 Å². The van der Waals surface area contributed by atoms with Crippen LogP contribution in [-0.2, 0) is 0 Å². The number of nitrogen functional groups attached to an aromatic ring is 1. The molecule has 0 atom stereocenters. The lowest BCUT2D eigenvalue weighted by atomic mass is 10.0. The molecule has 2 fully saturated rings. The van der Waals surface area contributed by atoms with Crippen molar-refractivity contribution in [2.75, 3.05) is 12.0 Å². The van der Waals surface area contributed by atoms with E-state index in [2.05, 4.69) is 20.7 Å². The molecule has 0 spiro atoms. The van der Waals surface area contributed by atoms with Gasteiger partial charge in [0.1, 0.15) is 5.69 Å². The molecule has 2 aliphatic rings. The quantitative estimate of drug-likeness (QED) is 0.525. The lowest BCUT2D eigenvalue weighted by Crippen LogP contribution is -2.31. The number of hydrogen-bond donors (Lipinski definition) is 3. The van der Waals surface area contributed by atoms with Crippen LogP contribution in [0.4, 0.5) is 5.82 Å². The fourth-order valence-electron chi connectivity index (χ4n) is 2.45. The number of amides is 1. The maximum absolute atomic E-state index is 11.9. The van der Waals surface area contributed by atoms with Gasteiger partial charge in [-0.1, -0.05) is 0 Å². The van der Waals surface area contributed by atoms with E-state index < -0.39 is 0 Å². The van der Waals surface area contributed by atoms with Gasteiger partial charge in [0.2, 0.25) is 0 Å². The van der Waals surface area contributed by atoms with E-state index in [0.717, 1.165) is 12.5 Å². The van der Waals surface area contributed by atoms with Crippen LogP contribution < -0.4 is 16.6 Å². The molecule has 0 unspecified atom stereocenters. The average Bonchev–Trinajstić information content (AvgIpc) is 3.28. The lowest BCUT2D eigenvalue weighted by Gasteiger charge is -2.14. The first-order valence-corrected chi connectivity index (χ1v) is 6.30. The normalized spacial score (nSPS) is 20.3. The largest absolute Gasteiger partial charge is 0.350 e. The Hall–Kier alpha value is -1.69. The smallest absolute Gasteiger partial charge is 0.271 e. The van der Waals surface area contributed by atoms with Crippen LogP contribution >= 0.6 is 0 Å². The van der Waals surface area contributed by atoms with Gasteiger partial charge >= 0.3 is 0 Å². The van der Waals surface area contributed by atoms with Crippen LogP contribution in [0.5, 0.6) is 0 Å². The molecule has 0 aliphatic heterocycles. The van der Waals surface area contributed by atoms with Crippen LogP contribution in [0.15, 0.2) is 12.4 Å². The summed E-state index contributed by atoms with van der Waals surface area (Å²) in [6.45, 7) is 0.773. The molecule has 0 saturated heterocycles. The highest BCUT2D eigenvalue weighted by Gasteiger charge is 2.53. The first kappa shape index (κ1) is 11.4. The molecule has 0 bridgehead atoms. The monoisotopic (exact) mass is 247 g/mol. The third-order valence-electron chi connectivity index (χ3n) is 3.97. The Morgan fingerprint density at radius 1 is 1.39 bits per heavy atom. The summed E-state index contributed by atoms with van der Waals surface area (Å²) in [6.07, 6.45) is 8.03. The minimum absolute atomic E-state index is 0.155. The van der Waals surface area contributed by atoms with E-state index in [1.165, 1.54) is 38.1 Å². The van der Waals surface area contributed by atoms with Gasteiger partial charge in [-0.15, -0.1) is 0 Å². The Kier molecular flexibility index (Phi) is 2.66. The lowest BCUT2D eigenvalue weighted by molar-refractivity contribution is 0.0937. The second-order valence-corrected chi connectivity index (χ2v) is 5.25. The van der Waals surface area contributed by atoms with Crippen molar-refractivity contribution in [3.63, 3.8) is 0 Å². The summed E-state index contributed by atoms with van der Waals surface area (Å²) in [5.41, 5.74) is 3.12. The molecular weight excluding hydrogens is 230 g/mol. The van der Waals surface area contributed by atoms with Gasteiger partial charge in [0.05, 0.1) is 12.4 Å². The molecule has 1 aromatic rings. The summed E-state index contributed by atoms with van der Waals surface area (Å²) < 4.78 is 0. The van der Waals surface area contributed by atoms with E-state index in [-0.39, 0.29) is 5.91 Å². The van der Waals surface area contributed by atoms with Gasteiger partial charge < -0.3 is 10.7 Å².